The Balaban J connectivity index is 0.00000192. The molecular formula is C19H24ClNO2. The van der Waals surface area contributed by atoms with Crippen LogP contribution >= 0.6 is 12.4 Å². The molecule has 2 aromatic rings. The lowest BCUT2D eigenvalue weighted by Gasteiger charge is -2.16. The Morgan fingerprint density at radius 1 is 1.04 bits per heavy atom. The minimum Gasteiger partial charge on any atom is -0.490 e. The summed E-state index contributed by atoms with van der Waals surface area (Å²) in [6.45, 7) is 3.13. The van der Waals surface area contributed by atoms with E-state index in [9.17, 15) is 0 Å². The molecule has 0 heterocycles. The molecule has 0 amide bonds. The van der Waals surface area contributed by atoms with Crippen molar-refractivity contribution < 1.29 is 9.47 Å². The maximum absolute atomic E-state index is 6.28. The monoisotopic (exact) mass is 333 g/mol. The lowest BCUT2D eigenvalue weighted by Crippen LogP contribution is -2.12. The summed E-state index contributed by atoms with van der Waals surface area (Å²) >= 11 is 0. The second kappa shape index (κ2) is 8.23. The second-order valence-electron chi connectivity index (χ2n) is 5.78. The Labute approximate surface area is 144 Å². The van der Waals surface area contributed by atoms with E-state index in [0.717, 1.165) is 22.6 Å². The molecule has 23 heavy (non-hydrogen) atoms. The highest BCUT2D eigenvalue weighted by molar-refractivity contribution is 5.85. The molecule has 0 aromatic heterocycles. The summed E-state index contributed by atoms with van der Waals surface area (Å²) in [4.78, 5) is 0. The zero-order chi connectivity index (χ0) is 15.4. The van der Waals surface area contributed by atoms with Crippen molar-refractivity contribution in [1.82, 2.24) is 0 Å². The fraction of sp³-hybridized carbons (Fsp3) is 0.368. The van der Waals surface area contributed by atoms with Crippen LogP contribution in [0.25, 0.3) is 0 Å². The van der Waals surface area contributed by atoms with Crippen LogP contribution in [0.15, 0.2) is 48.5 Å². The van der Waals surface area contributed by atoms with Crippen LogP contribution in [0.2, 0.25) is 0 Å². The molecule has 0 unspecified atom stereocenters. The number of hydrogen-bond donors (Lipinski definition) is 1. The van der Waals surface area contributed by atoms with Crippen molar-refractivity contribution in [3.63, 3.8) is 0 Å². The van der Waals surface area contributed by atoms with E-state index in [1.165, 1.54) is 12.8 Å². The van der Waals surface area contributed by atoms with Gasteiger partial charge in [-0.05, 0) is 48.9 Å². The molecule has 1 fully saturated rings. The molecule has 124 valence electrons. The number of halogens is 1. The lowest BCUT2D eigenvalue weighted by molar-refractivity contribution is 0.269. The van der Waals surface area contributed by atoms with Crippen molar-refractivity contribution in [1.29, 1.82) is 0 Å². The van der Waals surface area contributed by atoms with E-state index in [0.29, 0.717) is 19.1 Å². The van der Waals surface area contributed by atoms with Gasteiger partial charge in [0, 0.05) is 6.04 Å². The average Bonchev–Trinajstić information content (AvgIpc) is 3.39. The van der Waals surface area contributed by atoms with Gasteiger partial charge in [-0.25, -0.2) is 0 Å². The number of ether oxygens (including phenoxy) is 2. The number of rotatable bonds is 7. The van der Waals surface area contributed by atoms with Crippen LogP contribution in [0.1, 0.15) is 36.9 Å². The zero-order valence-electron chi connectivity index (χ0n) is 13.4. The smallest absolute Gasteiger partial charge is 0.161 e. The van der Waals surface area contributed by atoms with Gasteiger partial charge in [-0.1, -0.05) is 36.4 Å². The maximum atomic E-state index is 6.28. The van der Waals surface area contributed by atoms with E-state index in [1.54, 1.807) is 0 Å². The molecule has 0 spiro atoms. The molecule has 0 radical (unpaired) electrons. The molecule has 1 aliphatic rings. The first-order valence-corrected chi connectivity index (χ1v) is 7.97. The molecule has 4 heteroatoms. The van der Waals surface area contributed by atoms with Crippen LogP contribution in [-0.4, -0.2) is 6.61 Å². The Morgan fingerprint density at radius 3 is 2.43 bits per heavy atom. The van der Waals surface area contributed by atoms with E-state index in [-0.39, 0.29) is 18.4 Å². The Kier molecular flexibility index (Phi) is 6.31. The highest BCUT2D eigenvalue weighted by Gasteiger charge is 2.30. The third kappa shape index (κ3) is 4.63. The van der Waals surface area contributed by atoms with Gasteiger partial charge in [0.15, 0.2) is 11.5 Å². The Bertz CT molecular complexity index is 614. The van der Waals surface area contributed by atoms with Gasteiger partial charge >= 0.3 is 0 Å². The number of benzene rings is 2. The molecule has 0 bridgehead atoms. The van der Waals surface area contributed by atoms with Crippen molar-refractivity contribution in [2.45, 2.75) is 32.4 Å². The molecule has 0 aliphatic heterocycles. The average molecular weight is 334 g/mol. The predicted octanol–water partition coefficient (Wildman–Crippen LogP) is 4.50. The molecule has 3 nitrogen and oxygen atoms in total. The minimum atomic E-state index is 0. The standard InChI is InChI=1S/C19H23NO2.ClH/c1-2-21-18-12-16(19(20)15-8-9-15)10-11-17(18)22-13-14-6-4-3-5-7-14;/h3-7,10-12,15,19H,2,8-9,13,20H2,1H3;1H/t19-;/m1./s1. The zero-order valence-corrected chi connectivity index (χ0v) is 14.2. The molecule has 3 rings (SSSR count). The molecule has 1 saturated carbocycles. The summed E-state index contributed by atoms with van der Waals surface area (Å²) in [5, 5.41) is 0. The van der Waals surface area contributed by atoms with E-state index in [1.807, 2.05) is 37.3 Å². The van der Waals surface area contributed by atoms with Crippen molar-refractivity contribution in [2.24, 2.45) is 11.7 Å². The van der Waals surface area contributed by atoms with E-state index >= 15 is 0 Å². The normalized spacial score (nSPS) is 14.7. The Hall–Kier alpha value is -1.71. The maximum Gasteiger partial charge on any atom is 0.161 e. The summed E-state index contributed by atoms with van der Waals surface area (Å²) in [6.07, 6.45) is 2.47. The van der Waals surface area contributed by atoms with Gasteiger partial charge in [0.25, 0.3) is 0 Å². The summed E-state index contributed by atoms with van der Waals surface area (Å²) in [6, 6.07) is 16.3. The quantitative estimate of drug-likeness (QED) is 0.811. The molecule has 2 N–H and O–H groups in total. The van der Waals surface area contributed by atoms with Gasteiger partial charge in [-0.3, -0.25) is 0 Å². The molecule has 1 aliphatic carbocycles. The highest BCUT2D eigenvalue weighted by atomic mass is 35.5. The van der Waals surface area contributed by atoms with Crippen molar-refractivity contribution >= 4 is 12.4 Å². The SMILES string of the molecule is CCOc1cc([C@H](N)C2CC2)ccc1OCc1ccccc1.Cl. The summed E-state index contributed by atoms with van der Waals surface area (Å²) in [5.74, 6) is 2.19. The van der Waals surface area contributed by atoms with Crippen LogP contribution in [0.5, 0.6) is 11.5 Å². The summed E-state index contributed by atoms with van der Waals surface area (Å²) in [5.41, 5.74) is 8.56. The van der Waals surface area contributed by atoms with Crippen molar-refractivity contribution in [3.8, 4) is 11.5 Å². The van der Waals surface area contributed by atoms with Gasteiger partial charge in [0.05, 0.1) is 6.61 Å². The van der Waals surface area contributed by atoms with E-state index in [4.69, 9.17) is 15.2 Å². The van der Waals surface area contributed by atoms with Crippen LogP contribution in [0.4, 0.5) is 0 Å². The topological polar surface area (TPSA) is 44.5 Å². The number of hydrogen-bond acceptors (Lipinski definition) is 3. The summed E-state index contributed by atoms with van der Waals surface area (Å²) < 4.78 is 11.7. The van der Waals surface area contributed by atoms with Crippen molar-refractivity contribution in [2.75, 3.05) is 6.61 Å². The van der Waals surface area contributed by atoms with E-state index in [2.05, 4.69) is 18.2 Å². The van der Waals surface area contributed by atoms with E-state index < -0.39 is 0 Å². The fourth-order valence-corrected chi connectivity index (χ4v) is 2.58. The fourth-order valence-electron chi connectivity index (χ4n) is 2.58. The molecule has 2 aromatic carbocycles. The number of nitrogens with two attached hydrogens (primary N) is 1. The first-order valence-electron chi connectivity index (χ1n) is 7.97. The van der Waals surface area contributed by atoms with Crippen LogP contribution in [0.3, 0.4) is 0 Å². The van der Waals surface area contributed by atoms with Crippen LogP contribution in [0, 0.1) is 5.92 Å². The molecule has 0 saturated heterocycles. The lowest BCUT2D eigenvalue weighted by atomic mass is 10.0. The second-order valence-corrected chi connectivity index (χ2v) is 5.78. The first kappa shape index (κ1) is 17.6. The van der Waals surface area contributed by atoms with Crippen LogP contribution in [-0.2, 0) is 6.61 Å². The third-order valence-electron chi connectivity index (χ3n) is 4.02. The largest absolute Gasteiger partial charge is 0.490 e. The van der Waals surface area contributed by atoms with Gasteiger partial charge < -0.3 is 15.2 Å². The van der Waals surface area contributed by atoms with Gasteiger partial charge in [-0.15, -0.1) is 12.4 Å². The van der Waals surface area contributed by atoms with Gasteiger partial charge in [0.2, 0.25) is 0 Å². The predicted molar refractivity (Wildman–Crippen MR) is 95.3 cm³/mol. The summed E-state index contributed by atoms with van der Waals surface area (Å²) in [7, 11) is 0. The van der Waals surface area contributed by atoms with Gasteiger partial charge in [0.1, 0.15) is 6.61 Å². The third-order valence-corrected chi connectivity index (χ3v) is 4.02. The van der Waals surface area contributed by atoms with Crippen LogP contribution < -0.4 is 15.2 Å². The molecular weight excluding hydrogens is 310 g/mol. The first-order chi connectivity index (χ1) is 10.8. The van der Waals surface area contributed by atoms with Gasteiger partial charge in [-0.2, -0.15) is 0 Å². The Morgan fingerprint density at radius 2 is 1.78 bits per heavy atom. The highest BCUT2D eigenvalue weighted by Crippen LogP contribution is 2.41. The van der Waals surface area contributed by atoms with Crippen molar-refractivity contribution in [3.05, 3.63) is 59.7 Å². The minimum absolute atomic E-state index is 0. The molecule has 1 atom stereocenters.